The van der Waals surface area contributed by atoms with Gasteiger partial charge < -0.3 is 5.32 Å². The SMILES string of the molecule is CCNC(Cc1ccnc2ccccc12)c1csc(C)n1. The van der Waals surface area contributed by atoms with Crippen LogP contribution in [0.2, 0.25) is 0 Å². The third-order valence-corrected chi connectivity index (χ3v) is 4.40. The molecular weight excluding hydrogens is 278 g/mol. The monoisotopic (exact) mass is 297 g/mol. The first-order chi connectivity index (χ1) is 10.3. The van der Waals surface area contributed by atoms with Crippen LogP contribution in [0.15, 0.2) is 41.9 Å². The number of fused-ring (bicyclic) bond motifs is 1. The van der Waals surface area contributed by atoms with E-state index in [0.29, 0.717) is 0 Å². The summed E-state index contributed by atoms with van der Waals surface area (Å²) in [6.45, 7) is 5.13. The number of nitrogens with one attached hydrogen (secondary N) is 1. The molecule has 3 aromatic rings. The smallest absolute Gasteiger partial charge is 0.0898 e. The molecule has 3 rings (SSSR count). The van der Waals surface area contributed by atoms with E-state index in [4.69, 9.17) is 0 Å². The second-order valence-corrected chi connectivity index (χ2v) is 6.16. The van der Waals surface area contributed by atoms with Crippen LogP contribution < -0.4 is 5.32 Å². The molecule has 108 valence electrons. The second-order valence-electron chi connectivity index (χ2n) is 5.09. The molecule has 4 heteroatoms. The first-order valence-corrected chi connectivity index (χ1v) is 8.14. The number of rotatable bonds is 5. The molecule has 1 atom stereocenters. The Labute approximate surface area is 129 Å². The topological polar surface area (TPSA) is 37.8 Å². The Kier molecular flexibility index (Phi) is 4.27. The normalized spacial score (nSPS) is 12.7. The van der Waals surface area contributed by atoms with Gasteiger partial charge in [0.15, 0.2) is 0 Å². The maximum absolute atomic E-state index is 4.65. The lowest BCUT2D eigenvalue weighted by Gasteiger charge is -2.17. The van der Waals surface area contributed by atoms with Crippen LogP contribution in [0.5, 0.6) is 0 Å². The lowest BCUT2D eigenvalue weighted by atomic mass is 10.0. The number of hydrogen-bond acceptors (Lipinski definition) is 4. The molecule has 0 saturated carbocycles. The summed E-state index contributed by atoms with van der Waals surface area (Å²) in [5.74, 6) is 0. The van der Waals surface area contributed by atoms with Gasteiger partial charge in [-0.3, -0.25) is 4.98 Å². The zero-order valence-electron chi connectivity index (χ0n) is 12.3. The van der Waals surface area contributed by atoms with Crippen molar-refractivity contribution in [1.82, 2.24) is 15.3 Å². The van der Waals surface area contributed by atoms with Crippen molar-refractivity contribution in [3.05, 3.63) is 58.2 Å². The average Bonchev–Trinajstić information content (AvgIpc) is 2.94. The van der Waals surface area contributed by atoms with Crippen molar-refractivity contribution < 1.29 is 0 Å². The maximum atomic E-state index is 4.65. The third-order valence-electron chi connectivity index (χ3n) is 3.61. The zero-order chi connectivity index (χ0) is 14.7. The minimum absolute atomic E-state index is 0.255. The summed E-state index contributed by atoms with van der Waals surface area (Å²) >= 11 is 1.71. The van der Waals surface area contributed by atoms with Gasteiger partial charge in [-0.15, -0.1) is 11.3 Å². The Hall–Kier alpha value is -1.78. The number of nitrogens with zero attached hydrogens (tertiary/aromatic N) is 2. The van der Waals surface area contributed by atoms with Gasteiger partial charge in [-0.1, -0.05) is 25.1 Å². The van der Waals surface area contributed by atoms with Gasteiger partial charge in [0.1, 0.15) is 0 Å². The van der Waals surface area contributed by atoms with E-state index in [-0.39, 0.29) is 6.04 Å². The molecule has 0 aliphatic heterocycles. The van der Waals surface area contributed by atoms with Crippen molar-refractivity contribution in [1.29, 1.82) is 0 Å². The molecule has 0 spiro atoms. The van der Waals surface area contributed by atoms with Gasteiger partial charge in [0, 0.05) is 17.0 Å². The molecule has 2 aromatic heterocycles. The van der Waals surface area contributed by atoms with Crippen molar-refractivity contribution >= 4 is 22.2 Å². The van der Waals surface area contributed by atoms with Crippen molar-refractivity contribution in [2.24, 2.45) is 0 Å². The predicted molar refractivity (Wildman–Crippen MR) is 88.7 cm³/mol. The zero-order valence-corrected chi connectivity index (χ0v) is 13.2. The van der Waals surface area contributed by atoms with Crippen LogP contribution in [0.4, 0.5) is 0 Å². The van der Waals surface area contributed by atoms with Crippen LogP contribution in [0.25, 0.3) is 10.9 Å². The number of aryl methyl sites for hydroxylation is 1. The molecule has 0 fully saturated rings. The molecule has 0 amide bonds. The quantitative estimate of drug-likeness (QED) is 0.776. The summed E-state index contributed by atoms with van der Waals surface area (Å²) in [6.07, 6.45) is 2.83. The van der Waals surface area contributed by atoms with Gasteiger partial charge in [0.2, 0.25) is 0 Å². The van der Waals surface area contributed by atoms with E-state index in [1.54, 1.807) is 11.3 Å². The Bertz CT molecular complexity index is 730. The van der Waals surface area contributed by atoms with Crippen molar-refractivity contribution in [2.45, 2.75) is 26.3 Å². The van der Waals surface area contributed by atoms with Gasteiger partial charge in [0.25, 0.3) is 0 Å². The van der Waals surface area contributed by atoms with Crippen LogP contribution in [-0.4, -0.2) is 16.5 Å². The predicted octanol–water partition coefficient (Wildman–Crippen LogP) is 3.89. The molecule has 1 aromatic carbocycles. The number of aromatic nitrogens is 2. The van der Waals surface area contributed by atoms with E-state index in [2.05, 4.69) is 58.8 Å². The van der Waals surface area contributed by atoms with Crippen LogP contribution >= 0.6 is 11.3 Å². The standard InChI is InChI=1S/C17H19N3S/c1-3-18-16(17-11-21-12(2)20-17)10-13-8-9-19-15-7-5-4-6-14(13)15/h4-9,11,16,18H,3,10H2,1-2H3. The van der Waals surface area contributed by atoms with Crippen LogP contribution in [0, 0.1) is 6.92 Å². The number of likely N-dealkylation sites (N-methyl/N-ethyl adjacent to an activating group) is 1. The van der Waals surface area contributed by atoms with Gasteiger partial charge in [-0.2, -0.15) is 0 Å². The van der Waals surface area contributed by atoms with Crippen molar-refractivity contribution in [3.63, 3.8) is 0 Å². The van der Waals surface area contributed by atoms with Gasteiger partial charge in [0.05, 0.1) is 22.3 Å². The molecule has 1 unspecified atom stereocenters. The minimum Gasteiger partial charge on any atom is -0.309 e. The number of thiazole rings is 1. The van der Waals surface area contributed by atoms with E-state index in [1.165, 1.54) is 10.9 Å². The van der Waals surface area contributed by atoms with Crippen molar-refractivity contribution in [3.8, 4) is 0 Å². The molecule has 3 nitrogen and oxygen atoms in total. The molecule has 1 N–H and O–H groups in total. The van der Waals surface area contributed by atoms with E-state index in [1.807, 2.05) is 12.3 Å². The lowest BCUT2D eigenvalue weighted by Crippen LogP contribution is -2.23. The molecule has 0 bridgehead atoms. The molecule has 0 radical (unpaired) electrons. The van der Waals surface area contributed by atoms with Crippen LogP contribution in [0.1, 0.15) is 29.2 Å². The lowest BCUT2D eigenvalue weighted by molar-refractivity contribution is 0.540. The van der Waals surface area contributed by atoms with Crippen molar-refractivity contribution in [2.75, 3.05) is 6.54 Å². The number of hydrogen-bond donors (Lipinski definition) is 1. The fourth-order valence-electron chi connectivity index (χ4n) is 2.62. The number of pyridine rings is 1. The molecular formula is C17H19N3S. The summed E-state index contributed by atoms with van der Waals surface area (Å²) in [5.41, 5.74) is 3.51. The fourth-order valence-corrected chi connectivity index (χ4v) is 3.29. The molecule has 0 aliphatic carbocycles. The molecule has 21 heavy (non-hydrogen) atoms. The van der Waals surface area contributed by atoms with E-state index in [9.17, 15) is 0 Å². The van der Waals surface area contributed by atoms with Crippen LogP contribution in [-0.2, 0) is 6.42 Å². The largest absolute Gasteiger partial charge is 0.309 e. The Morgan fingerprint density at radius 3 is 2.86 bits per heavy atom. The van der Waals surface area contributed by atoms with E-state index in [0.717, 1.165) is 29.2 Å². The Balaban J connectivity index is 1.94. The molecule has 0 saturated heterocycles. The van der Waals surface area contributed by atoms with E-state index >= 15 is 0 Å². The third kappa shape index (κ3) is 3.12. The average molecular weight is 297 g/mol. The molecule has 0 aliphatic rings. The highest BCUT2D eigenvalue weighted by Crippen LogP contribution is 2.24. The number of benzene rings is 1. The molecule has 2 heterocycles. The number of para-hydroxylation sites is 1. The summed E-state index contributed by atoms with van der Waals surface area (Å²) in [5, 5.41) is 8.06. The summed E-state index contributed by atoms with van der Waals surface area (Å²) < 4.78 is 0. The summed E-state index contributed by atoms with van der Waals surface area (Å²) in [4.78, 5) is 9.08. The fraction of sp³-hybridized carbons (Fsp3) is 0.294. The Morgan fingerprint density at radius 1 is 1.24 bits per heavy atom. The summed E-state index contributed by atoms with van der Waals surface area (Å²) in [7, 11) is 0. The maximum Gasteiger partial charge on any atom is 0.0898 e. The van der Waals surface area contributed by atoms with Gasteiger partial charge in [-0.25, -0.2) is 4.98 Å². The first kappa shape index (κ1) is 14.2. The highest BCUT2D eigenvalue weighted by atomic mass is 32.1. The van der Waals surface area contributed by atoms with E-state index < -0.39 is 0 Å². The van der Waals surface area contributed by atoms with Gasteiger partial charge in [-0.05, 0) is 37.6 Å². The summed E-state index contributed by atoms with van der Waals surface area (Å²) in [6, 6.07) is 10.7. The minimum atomic E-state index is 0.255. The Morgan fingerprint density at radius 2 is 2.10 bits per heavy atom. The second kappa shape index (κ2) is 6.33. The van der Waals surface area contributed by atoms with Gasteiger partial charge >= 0.3 is 0 Å². The van der Waals surface area contributed by atoms with Crippen LogP contribution in [0.3, 0.4) is 0 Å². The first-order valence-electron chi connectivity index (χ1n) is 7.26. The highest BCUT2D eigenvalue weighted by Gasteiger charge is 2.15. The highest BCUT2D eigenvalue weighted by molar-refractivity contribution is 7.09.